The van der Waals surface area contributed by atoms with Gasteiger partial charge >= 0.3 is 0 Å². The van der Waals surface area contributed by atoms with Crippen LogP contribution in [0, 0.1) is 6.92 Å². The molecule has 1 fully saturated rings. The van der Waals surface area contributed by atoms with Crippen LogP contribution in [0.1, 0.15) is 24.2 Å². The molecule has 1 aromatic heterocycles. The Morgan fingerprint density at radius 3 is 2.48 bits per heavy atom. The van der Waals surface area contributed by atoms with E-state index in [1.807, 2.05) is 25.1 Å². The second kappa shape index (κ2) is 7.96. The molecule has 2 heterocycles. The van der Waals surface area contributed by atoms with E-state index in [1.165, 1.54) is 12.1 Å². The summed E-state index contributed by atoms with van der Waals surface area (Å²) in [6.45, 7) is 3.95. The number of aromatic nitrogens is 2. The van der Waals surface area contributed by atoms with E-state index in [4.69, 9.17) is 9.72 Å². The molecular weight excluding hydrogens is 388 g/mol. The molecule has 2 aromatic carbocycles. The third-order valence-electron chi connectivity index (χ3n) is 5.15. The van der Waals surface area contributed by atoms with Crippen LogP contribution in [0.15, 0.2) is 47.4 Å². The molecule has 0 amide bonds. The predicted molar refractivity (Wildman–Crippen MR) is 113 cm³/mol. The summed E-state index contributed by atoms with van der Waals surface area (Å²) in [5.74, 6) is 1.95. The Morgan fingerprint density at radius 1 is 1.07 bits per heavy atom. The molecule has 1 saturated heterocycles. The number of methoxy groups -OCH3 is 1. The van der Waals surface area contributed by atoms with Crippen molar-refractivity contribution in [2.24, 2.45) is 0 Å². The first-order valence-electron chi connectivity index (χ1n) is 9.63. The number of benzene rings is 2. The lowest BCUT2D eigenvalue weighted by Gasteiger charge is -2.20. The SMILES string of the molecule is COc1ccc(S(=O)(=O)NCc2nc(N3CCCC3)c3cccc(C)c3n2)cc1. The first kappa shape index (κ1) is 19.6. The van der Waals surface area contributed by atoms with Gasteiger partial charge in [-0.1, -0.05) is 12.1 Å². The molecule has 29 heavy (non-hydrogen) atoms. The van der Waals surface area contributed by atoms with Gasteiger partial charge in [0.25, 0.3) is 0 Å². The quantitative estimate of drug-likeness (QED) is 0.670. The molecule has 0 atom stereocenters. The number of nitrogens with zero attached hydrogens (tertiary/aromatic N) is 3. The zero-order valence-electron chi connectivity index (χ0n) is 16.6. The predicted octanol–water partition coefficient (Wildman–Crippen LogP) is 3.03. The highest BCUT2D eigenvalue weighted by atomic mass is 32.2. The first-order valence-corrected chi connectivity index (χ1v) is 11.1. The molecule has 1 aliphatic heterocycles. The third-order valence-corrected chi connectivity index (χ3v) is 6.57. The number of ether oxygens (including phenoxy) is 1. The van der Waals surface area contributed by atoms with Crippen molar-refractivity contribution in [2.45, 2.75) is 31.2 Å². The first-order chi connectivity index (χ1) is 14.0. The lowest BCUT2D eigenvalue weighted by Crippen LogP contribution is -2.26. The molecular formula is C21H24N4O3S. The summed E-state index contributed by atoms with van der Waals surface area (Å²) in [5.41, 5.74) is 1.91. The third kappa shape index (κ3) is 4.04. The number of nitrogens with one attached hydrogen (secondary N) is 1. The van der Waals surface area contributed by atoms with Crippen molar-refractivity contribution in [3.63, 3.8) is 0 Å². The van der Waals surface area contributed by atoms with Gasteiger partial charge in [-0.25, -0.2) is 23.1 Å². The van der Waals surface area contributed by atoms with Crippen molar-refractivity contribution in [3.05, 3.63) is 53.9 Å². The molecule has 0 aliphatic carbocycles. The van der Waals surface area contributed by atoms with Gasteiger partial charge in [0.15, 0.2) is 0 Å². The summed E-state index contributed by atoms with van der Waals surface area (Å²) < 4.78 is 33.0. The smallest absolute Gasteiger partial charge is 0.240 e. The van der Waals surface area contributed by atoms with E-state index < -0.39 is 10.0 Å². The van der Waals surface area contributed by atoms with E-state index >= 15 is 0 Å². The maximum atomic E-state index is 12.7. The summed E-state index contributed by atoms with van der Waals surface area (Å²) in [6.07, 6.45) is 2.27. The van der Waals surface area contributed by atoms with Crippen LogP contribution in [0.5, 0.6) is 5.75 Å². The zero-order valence-corrected chi connectivity index (χ0v) is 17.4. The number of hydrogen-bond donors (Lipinski definition) is 1. The average molecular weight is 413 g/mol. The monoisotopic (exact) mass is 412 g/mol. The van der Waals surface area contributed by atoms with Gasteiger partial charge in [0, 0.05) is 18.5 Å². The van der Waals surface area contributed by atoms with Gasteiger partial charge in [0.2, 0.25) is 10.0 Å². The average Bonchev–Trinajstić information content (AvgIpc) is 3.27. The van der Waals surface area contributed by atoms with E-state index in [-0.39, 0.29) is 11.4 Å². The minimum atomic E-state index is -3.68. The normalized spacial score (nSPS) is 14.5. The number of aryl methyl sites for hydroxylation is 1. The van der Waals surface area contributed by atoms with Crippen LogP contribution in [-0.4, -0.2) is 38.6 Å². The van der Waals surface area contributed by atoms with Crippen molar-refractivity contribution < 1.29 is 13.2 Å². The Morgan fingerprint density at radius 2 is 1.79 bits per heavy atom. The number of sulfonamides is 1. The number of fused-ring (bicyclic) bond motifs is 1. The number of anilines is 1. The van der Waals surface area contributed by atoms with Crippen LogP contribution >= 0.6 is 0 Å². The second-order valence-corrected chi connectivity index (χ2v) is 8.90. The van der Waals surface area contributed by atoms with Crippen LogP contribution in [0.25, 0.3) is 10.9 Å². The summed E-state index contributed by atoms with van der Waals surface area (Å²) in [7, 11) is -2.14. The van der Waals surface area contributed by atoms with Gasteiger partial charge in [-0.05, 0) is 55.7 Å². The Hall–Kier alpha value is -2.71. The highest BCUT2D eigenvalue weighted by Crippen LogP contribution is 2.28. The van der Waals surface area contributed by atoms with Crippen molar-refractivity contribution in [1.82, 2.24) is 14.7 Å². The van der Waals surface area contributed by atoms with Gasteiger partial charge in [0.05, 0.1) is 24.1 Å². The van der Waals surface area contributed by atoms with E-state index in [9.17, 15) is 8.42 Å². The van der Waals surface area contributed by atoms with E-state index in [2.05, 4.69) is 14.6 Å². The zero-order chi connectivity index (χ0) is 20.4. The van der Waals surface area contributed by atoms with Crippen LogP contribution in [0.3, 0.4) is 0 Å². The molecule has 152 valence electrons. The van der Waals surface area contributed by atoms with Crippen LogP contribution in [0.2, 0.25) is 0 Å². The second-order valence-electron chi connectivity index (χ2n) is 7.13. The van der Waals surface area contributed by atoms with E-state index in [0.717, 1.165) is 48.2 Å². The fourth-order valence-electron chi connectivity index (χ4n) is 3.57. The summed E-state index contributed by atoms with van der Waals surface area (Å²) in [5, 5.41) is 1.01. The molecule has 0 unspecified atom stereocenters. The van der Waals surface area contributed by atoms with Crippen LogP contribution in [-0.2, 0) is 16.6 Å². The highest BCUT2D eigenvalue weighted by molar-refractivity contribution is 7.89. The molecule has 0 saturated carbocycles. The van der Waals surface area contributed by atoms with Crippen molar-refractivity contribution >= 4 is 26.7 Å². The van der Waals surface area contributed by atoms with Crippen molar-refractivity contribution in [3.8, 4) is 5.75 Å². The maximum Gasteiger partial charge on any atom is 0.240 e. The van der Waals surface area contributed by atoms with E-state index in [0.29, 0.717) is 11.6 Å². The standard InChI is InChI=1S/C21H24N4O3S/c1-15-6-5-7-18-20(15)23-19(24-21(18)25-12-3-4-13-25)14-22-29(26,27)17-10-8-16(28-2)9-11-17/h5-11,22H,3-4,12-14H2,1-2H3. The molecule has 0 radical (unpaired) electrons. The summed E-state index contributed by atoms with van der Waals surface area (Å²) in [6, 6.07) is 12.3. The molecule has 4 rings (SSSR count). The minimum Gasteiger partial charge on any atom is -0.497 e. The van der Waals surface area contributed by atoms with Crippen molar-refractivity contribution in [1.29, 1.82) is 0 Å². The molecule has 1 N–H and O–H groups in total. The molecule has 1 aliphatic rings. The Labute approximate surface area is 170 Å². The molecule has 3 aromatic rings. The minimum absolute atomic E-state index is 0.0273. The van der Waals surface area contributed by atoms with Crippen molar-refractivity contribution in [2.75, 3.05) is 25.1 Å². The lowest BCUT2D eigenvalue weighted by molar-refractivity contribution is 0.414. The maximum absolute atomic E-state index is 12.7. The fraction of sp³-hybridized carbons (Fsp3) is 0.333. The topological polar surface area (TPSA) is 84.4 Å². The van der Waals surface area contributed by atoms with Crippen LogP contribution in [0.4, 0.5) is 5.82 Å². The molecule has 7 nitrogen and oxygen atoms in total. The van der Waals surface area contributed by atoms with E-state index in [1.54, 1.807) is 19.2 Å². The summed E-state index contributed by atoms with van der Waals surface area (Å²) >= 11 is 0. The molecule has 0 spiro atoms. The van der Waals surface area contributed by atoms with Gasteiger partial charge in [-0.3, -0.25) is 0 Å². The van der Waals surface area contributed by atoms with Gasteiger partial charge in [-0.2, -0.15) is 0 Å². The number of hydrogen-bond acceptors (Lipinski definition) is 6. The molecule has 8 heteroatoms. The largest absolute Gasteiger partial charge is 0.497 e. The van der Waals surface area contributed by atoms with Gasteiger partial charge in [-0.15, -0.1) is 0 Å². The Bertz CT molecular complexity index is 1120. The highest BCUT2D eigenvalue weighted by Gasteiger charge is 2.20. The lowest BCUT2D eigenvalue weighted by atomic mass is 10.1. The molecule has 0 bridgehead atoms. The Kier molecular flexibility index (Phi) is 5.38. The number of para-hydroxylation sites is 1. The fourth-order valence-corrected chi connectivity index (χ4v) is 4.55. The van der Waals surface area contributed by atoms with Gasteiger partial charge < -0.3 is 9.64 Å². The van der Waals surface area contributed by atoms with Crippen LogP contribution < -0.4 is 14.4 Å². The summed E-state index contributed by atoms with van der Waals surface area (Å²) in [4.78, 5) is 11.8. The Balaban J connectivity index is 1.64. The number of rotatable bonds is 6. The van der Waals surface area contributed by atoms with Gasteiger partial charge in [0.1, 0.15) is 17.4 Å².